The number of ether oxygens (including phenoxy) is 1. The van der Waals surface area contributed by atoms with Crippen LogP contribution in [0.15, 0.2) is 24.3 Å². The molecule has 1 heterocycles. The Kier molecular flexibility index (Phi) is 6.46. The molecule has 2 rings (SSSR count). The van der Waals surface area contributed by atoms with Crippen LogP contribution in [0.25, 0.3) is 0 Å². The highest BCUT2D eigenvalue weighted by atomic mass is 32.2. The third kappa shape index (κ3) is 5.19. The summed E-state index contributed by atoms with van der Waals surface area (Å²) in [6.45, 7) is 6.10. The predicted molar refractivity (Wildman–Crippen MR) is 98.2 cm³/mol. The minimum Gasteiger partial charge on any atom is -0.491 e. The van der Waals surface area contributed by atoms with Gasteiger partial charge in [0, 0.05) is 19.5 Å². The average Bonchev–Trinajstić information content (AvgIpc) is 2.58. The zero-order valence-electron chi connectivity index (χ0n) is 15.4. The molecule has 0 radical (unpaired) electrons. The highest BCUT2D eigenvalue weighted by Gasteiger charge is 2.36. The second-order valence-corrected chi connectivity index (χ2v) is 8.82. The molecule has 2 atom stereocenters. The van der Waals surface area contributed by atoms with Crippen molar-refractivity contribution in [1.29, 1.82) is 0 Å². The maximum Gasteiger partial charge on any atom is 0.222 e. The predicted octanol–water partition coefficient (Wildman–Crippen LogP) is 2.12. The maximum atomic E-state index is 12.0. The van der Waals surface area contributed by atoms with E-state index in [4.69, 9.17) is 4.74 Å². The van der Waals surface area contributed by atoms with Gasteiger partial charge in [0.05, 0.1) is 11.8 Å². The van der Waals surface area contributed by atoms with Gasteiger partial charge in [-0.15, -0.1) is 0 Å². The first-order chi connectivity index (χ1) is 11.7. The summed E-state index contributed by atoms with van der Waals surface area (Å²) in [5.41, 5.74) is 1.23. The minimum absolute atomic E-state index is 0.00991. The van der Waals surface area contributed by atoms with E-state index in [1.54, 1.807) is 18.9 Å². The van der Waals surface area contributed by atoms with E-state index in [1.165, 1.54) is 5.56 Å². The highest BCUT2D eigenvalue weighted by Crippen LogP contribution is 2.22. The van der Waals surface area contributed by atoms with Crippen molar-refractivity contribution in [2.24, 2.45) is 0 Å². The van der Waals surface area contributed by atoms with Crippen molar-refractivity contribution < 1.29 is 17.9 Å². The zero-order valence-corrected chi connectivity index (χ0v) is 16.2. The summed E-state index contributed by atoms with van der Waals surface area (Å²) in [5.74, 6) is 1.19. The van der Waals surface area contributed by atoms with Crippen molar-refractivity contribution in [2.75, 3.05) is 19.4 Å². The fourth-order valence-corrected chi connectivity index (χ4v) is 3.82. The Bertz CT molecular complexity index is 686. The summed E-state index contributed by atoms with van der Waals surface area (Å²) in [6.07, 6.45) is 0.829. The second-order valence-electron chi connectivity index (χ2n) is 6.77. The number of carbonyl (C=O) groups is 1. The first-order valence-corrected chi connectivity index (χ1v) is 10.4. The molecule has 0 spiro atoms. The van der Waals surface area contributed by atoms with E-state index in [2.05, 4.69) is 18.6 Å². The van der Waals surface area contributed by atoms with Crippen molar-refractivity contribution in [2.45, 2.75) is 51.6 Å². The number of hydrogen-bond acceptors (Lipinski definition) is 4. The van der Waals surface area contributed by atoms with E-state index in [0.29, 0.717) is 24.5 Å². The highest BCUT2D eigenvalue weighted by molar-refractivity contribution is 7.89. The lowest BCUT2D eigenvalue weighted by Gasteiger charge is -2.38. The summed E-state index contributed by atoms with van der Waals surface area (Å²) in [6, 6.07) is 7.20. The number of benzene rings is 1. The number of likely N-dealkylation sites (tertiary alicyclic amines) is 1. The quantitative estimate of drug-likeness (QED) is 0.800. The number of piperidine rings is 1. The number of likely N-dealkylation sites (N-methyl/N-ethyl adjacent to an activating group) is 1. The van der Waals surface area contributed by atoms with E-state index in [0.717, 1.165) is 0 Å². The molecule has 1 aromatic carbocycles. The molecule has 2 unspecified atom stereocenters. The van der Waals surface area contributed by atoms with E-state index in [-0.39, 0.29) is 30.4 Å². The molecular weight excluding hydrogens is 340 g/mol. The number of nitrogens with one attached hydrogen (secondary N) is 1. The molecule has 1 aromatic rings. The Morgan fingerprint density at radius 3 is 2.48 bits per heavy atom. The number of nitrogens with zero attached hydrogens (tertiary/aromatic N) is 1. The number of rotatable bonds is 7. The van der Waals surface area contributed by atoms with Crippen molar-refractivity contribution in [1.82, 2.24) is 9.62 Å². The van der Waals surface area contributed by atoms with Crippen LogP contribution in [0, 0.1) is 0 Å². The second kappa shape index (κ2) is 8.19. The molecule has 1 fully saturated rings. The van der Waals surface area contributed by atoms with Gasteiger partial charge in [-0.2, -0.15) is 0 Å². The SMILES string of the molecule is CCS(=O)(=O)NC1CCC(=O)N(C)C1COc1ccc(C(C)C)cc1. The van der Waals surface area contributed by atoms with Gasteiger partial charge in [0.25, 0.3) is 0 Å². The standard InChI is InChI=1S/C18H28N2O4S/c1-5-25(22,23)19-16-10-11-18(21)20(4)17(16)12-24-15-8-6-14(7-9-15)13(2)3/h6-9,13,16-17,19H,5,10-12H2,1-4H3. The van der Waals surface area contributed by atoms with Gasteiger partial charge in [0.2, 0.25) is 15.9 Å². The van der Waals surface area contributed by atoms with Crippen LogP contribution in [-0.4, -0.2) is 50.7 Å². The monoisotopic (exact) mass is 368 g/mol. The molecule has 1 aliphatic rings. The van der Waals surface area contributed by atoms with Gasteiger partial charge in [-0.3, -0.25) is 4.79 Å². The zero-order chi connectivity index (χ0) is 18.6. The first-order valence-electron chi connectivity index (χ1n) is 8.72. The fourth-order valence-electron chi connectivity index (χ4n) is 2.91. The Hall–Kier alpha value is -1.60. The molecule has 7 heteroatoms. The average molecular weight is 368 g/mol. The Balaban J connectivity index is 2.07. The summed E-state index contributed by atoms with van der Waals surface area (Å²) in [5, 5.41) is 0. The van der Waals surface area contributed by atoms with Crippen molar-refractivity contribution >= 4 is 15.9 Å². The lowest BCUT2D eigenvalue weighted by molar-refractivity contribution is -0.136. The third-order valence-electron chi connectivity index (χ3n) is 4.70. The van der Waals surface area contributed by atoms with Crippen molar-refractivity contribution in [3.05, 3.63) is 29.8 Å². The van der Waals surface area contributed by atoms with Gasteiger partial charge >= 0.3 is 0 Å². The number of hydrogen-bond donors (Lipinski definition) is 1. The van der Waals surface area contributed by atoms with E-state index < -0.39 is 10.0 Å². The lowest BCUT2D eigenvalue weighted by atomic mass is 9.97. The molecule has 25 heavy (non-hydrogen) atoms. The largest absolute Gasteiger partial charge is 0.491 e. The summed E-state index contributed by atoms with van der Waals surface area (Å²) in [7, 11) is -1.64. The molecule has 0 bridgehead atoms. The van der Waals surface area contributed by atoms with E-state index in [9.17, 15) is 13.2 Å². The van der Waals surface area contributed by atoms with Crippen LogP contribution in [0.5, 0.6) is 5.75 Å². The van der Waals surface area contributed by atoms with Crippen molar-refractivity contribution in [3.63, 3.8) is 0 Å². The van der Waals surface area contributed by atoms with Crippen LogP contribution >= 0.6 is 0 Å². The van der Waals surface area contributed by atoms with Crippen LogP contribution in [0.1, 0.15) is 45.1 Å². The Morgan fingerprint density at radius 1 is 1.28 bits per heavy atom. The van der Waals surface area contributed by atoms with Crippen molar-refractivity contribution in [3.8, 4) is 5.75 Å². The summed E-state index contributed by atoms with van der Waals surface area (Å²) >= 11 is 0. The van der Waals surface area contributed by atoms with Gasteiger partial charge < -0.3 is 9.64 Å². The molecule has 1 saturated heterocycles. The van der Waals surface area contributed by atoms with Crippen LogP contribution in [0.3, 0.4) is 0 Å². The molecule has 140 valence electrons. The number of amides is 1. The van der Waals surface area contributed by atoms with Crippen LogP contribution in [-0.2, 0) is 14.8 Å². The smallest absolute Gasteiger partial charge is 0.222 e. The molecule has 0 saturated carbocycles. The molecule has 1 N–H and O–H groups in total. The van der Waals surface area contributed by atoms with Gasteiger partial charge in [-0.05, 0) is 37.0 Å². The third-order valence-corrected chi connectivity index (χ3v) is 6.12. The van der Waals surface area contributed by atoms with Gasteiger partial charge in [0.1, 0.15) is 12.4 Å². The molecular formula is C18H28N2O4S. The molecule has 6 nitrogen and oxygen atoms in total. The van der Waals surface area contributed by atoms with E-state index in [1.807, 2.05) is 24.3 Å². The first kappa shape index (κ1) is 19.7. The number of sulfonamides is 1. The Morgan fingerprint density at radius 2 is 1.92 bits per heavy atom. The lowest BCUT2D eigenvalue weighted by Crippen LogP contribution is -2.58. The topological polar surface area (TPSA) is 75.7 Å². The molecule has 1 amide bonds. The summed E-state index contributed by atoms with van der Waals surface area (Å²) < 4.78 is 32.4. The molecule has 0 aromatic heterocycles. The van der Waals surface area contributed by atoms with Gasteiger partial charge in [-0.1, -0.05) is 26.0 Å². The van der Waals surface area contributed by atoms with E-state index >= 15 is 0 Å². The summed E-state index contributed by atoms with van der Waals surface area (Å²) in [4.78, 5) is 13.6. The van der Waals surface area contributed by atoms with Gasteiger partial charge in [-0.25, -0.2) is 13.1 Å². The van der Waals surface area contributed by atoms with Crippen LogP contribution < -0.4 is 9.46 Å². The van der Waals surface area contributed by atoms with Crippen LogP contribution in [0.4, 0.5) is 0 Å². The number of carbonyl (C=O) groups excluding carboxylic acids is 1. The van der Waals surface area contributed by atoms with Crippen LogP contribution in [0.2, 0.25) is 0 Å². The molecule has 1 aliphatic heterocycles. The maximum absolute atomic E-state index is 12.0. The normalized spacial score (nSPS) is 21.6. The fraction of sp³-hybridized carbons (Fsp3) is 0.611. The molecule has 0 aliphatic carbocycles. The van der Waals surface area contributed by atoms with Gasteiger partial charge in [0.15, 0.2) is 0 Å². The Labute approximate surface area is 150 Å². The minimum atomic E-state index is -3.33.